The van der Waals surface area contributed by atoms with E-state index in [0.29, 0.717) is 12.8 Å². The first-order valence-electron chi connectivity index (χ1n) is 14.2. The van der Waals surface area contributed by atoms with Crippen molar-refractivity contribution in [3.63, 3.8) is 0 Å². The minimum absolute atomic E-state index is 0.209. The number of hydrogen-bond donors (Lipinski definition) is 2. The summed E-state index contributed by atoms with van der Waals surface area (Å²) in [5, 5.41) is 21.1. The van der Waals surface area contributed by atoms with Crippen LogP contribution in [-0.2, 0) is 0 Å². The van der Waals surface area contributed by atoms with Gasteiger partial charge in [0.15, 0.2) is 5.60 Å². The van der Waals surface area contributed by atoms with Crippen LogP contribution in [0.15, 0.2) is 0 Å². The maximum absolute atomic E-state index is 10.9. The van der Waals surface area contributed by atoms with Gasteiger partial charge in [0.1, 0.15) is 6.10 Å². The minimum Gasteiger partial charge on any atom is -0.388 e. The van der Waals surface area contributed by atoms with E-state index in [-0.39, 0.29) is 6.42 Å². The standard InChI is InChI=1S/C30H51Cl3O2/c1-3-5-7-9-11-13-15-17-19-21-23-25-29(35,27-28(34)30(31,32)33)26-24-22-20-18-16-14-12-10-8-6-4-2/h28,34-35H,3-22,27H2,1-2H3/t28-/m1/s1. The van der Waals surface area contributed by atoms with Gasteiger partial charge in [-0.15, -0.1) is 0 Å². The number of unbranched alkanes of at least 4 members (excludes halogenated alkanes) is 18. The highest BCUT2D eigenvalue weighted by molar-refractivity contribution is 6.68. The van der Waals surface area contributed by atoms with Gasteiger partial charge in [0.25, 0.3) is 0 Å². The van der Waals surface area contributed by atoms with Gasteiger partial charge in [-0.25, -0.2) is 0 Å². The predicted molar refractivity (Wildman–Crippen MR) is 155 cm³/mol. The summed E-state index contributed by atoms with van der Waals surface area (Å²) in [6, 6.07) is 0. The lowest BCUT2D eigenvalue weighted by Gasteiger charge is -2.24. The van der Waals surface area contributed by atoms with Crippen molar-refractivity contribution in [1.82, 2.24) is 0 Å². The smallest absolute Gasteiger partial charge is 0.216 e. The third kappa shape index (κ3) is 22.8. The molecule has 5 heteroatoms. The Bertz CT molecular complexity index is 567. The Kier molecular flexibility index (Phi) is 23.0. The molecule has 0 spiro atoms. The summed E-state index contributed by atoms with van der Waals surface area (Å²) in [5.41, 5.74) is -1.66. The van der Waals surface area contributed by atoms with E-state index in [2.05, 4.69) is 37.5 Å². The van der Waals surface area contributed by atoms with E-state index in [1.165, 1.54) is 89.9 Å². The molecule has 0 rings (SSSR count). The number of aliphatic hydroxyl groups excluding tert-OH is 1. The Hall–Kier alpha value is -0.0900. The van der Waals surface area contributed by atoms with Crippen molar-refractivity contribution in [3.8, 4) is 23.7 Å². The summed E-state index contributed by atoms with van der Waals surface area (Å²) in [5.74, 6) is 11.8. The van der Waals surface area contributed by atoms with Gasteiger partial charge in [0.2, 0.25) is 3.79 Å². The van der Waals surface area contributed by atoms with Gasteiger partial charge in [-0.2, -0.15) is 0 Å². The Balaban J connectivity index is 4.41. The van der Waals surface area contributed by atoms with Crippen LogP contribution in [0.1, 0.15) is 149 Å². The molecule has 0 bridgehead atoms. The molecule has 0 amide bonds. The molecule has 0 aliphatic rings. The van der Waals surface area contributed by atoms with Gasteiger partial charge >= 0.3 is 0 Å². The highest BCUT2D eigenvalue weighted by Crippen LogP contribution is 2.34. The van der Waals surface area contributed by atoms with E-state index in [0.717, 1.165) is 25.7 Å². The zero-order chi connectivity index (χ0) is 26.3. The fourth-order valence-corrected chi connectivity index (χ4v) is 4.23. The van der Waals surface area contributed by atoms with Gasteiger partial charge in [0.05, 0.1) is 0 Å². The second-order valence-corrected chi connectivity index (χ2v) is 12.3. The summed E-state index contributed by atoms with van der Waals surface area (Å²) in [6.45, 7) is 4.48. The SMILES string of the molecule is CCCCCCCCCCCC#CC(O)(C#CCCCCCCCCCCC)C[C@@H](O)C(Cl)(Cl)Cl. The van der Waals surface area contributed by atoms with Gasteiger partial charge in [-0.05, 0) is 12.8 Å². The monoisotopic (exact) mass is 548 g/mol. The molecule has 2 nitrogen and oxygen atoms in total. The molecule has 0 heterocycles. The van der Waals surface area contributed by atoms with Crippen LogP contribution in [0, 0.1) is 23.7 Å². The summed E-state index contributed by atoms with van der Waals surface area (Å²) < 4.78 is -1.88. The van der Waals surface area contributed by atoms with Crippen LogP contribution in [0.5, 0.6) is 0 Å². The van der Waals surface area contributed by atoms with Crippen molar-refractivity contribution < 1.29 is 10.2 Å². The average molecular weight is 550 g/mol. The summed E-state index contributed by atoms with van der Waals surface area (Å²) in [4.78, 5) is 0. The average Bonchev–Trinajstić information content (AvgIpc) is 2.80. The van der Waals surface area contributed by atoms with Crippen LogP contribution in [0.25, 0.3) is 0 Å². The molecule has 0 aromatic carbocycles. The van der Waals surface area contributed by atoms with E-state index < -0.39 is 15.5 Å². The van der Waals surface area contributed by atoms with Crippen molar-refractivity contribution in [2.24, 2.45) is 0 Å². The van der Waals surface area contributed by atoms with Gasteiger partial charge < -0.3 is 10.2 Å². The highest BCUT2D eigenvalue weighted by atomic mass is 35.6. The molecule has 0 aromatic heterocycles. The van der Waals surface area contributed by atoms with E-state index in [4.69, 9.17) is 34.8 Å². The third-order valence-electron chi connectivity index (χ3n) is 6.27. The molecular formula is C30H51Cl3O2. The van der Waals surface area contributed by atoms with Crippen LogP contribution in [-0.4, -0.2) is 25.7 Å². The van der Waals surface area contributed by atoms with Crippen molar-refractivity contribution in [3.05, 3.63) is 0 Å². The van der Waals surface area contributed by atoms with Gasteiger partial charge in [-0.1, -0.05) is 175 Å². The first-order chi connectivity index (χ1) is 16.7. The number of aliphatic hydroxyl groups is 2. The molecular weight excluding hydrogens is 499 g/mol. The fourth-order valence-electron chi connectivity index (χ4n) is 3.99. The maximum Gasteiger partial charge on any atom is 0.216 e. The molecule has 0 fully saturated rings. The number of hydrogen-bond acceptors (Lipinski definition) is 2. The first-order valence-corrected chi connectivity index (χ1v) is 15.4. The molecule has 0 unspecified atom stereocenters. The zero-order valence-corrected chi connectivity index (χ0v) is 24.7. The Morgan fingerprint density at radius 3 is 1.20 bits per heavy atom. The Morgan fingerprint density at radius 1 is 0.571 bits per heavy atom. The minimum atomic E-state index is -1.88. The van der Waals surface area contributed by atoms with Crippen LogP contribution in [0.3, 0.4) is 0 Å². The molecule has 204 valence electrons. The molecule has 0 saturated carbocycles. The molecule has 0 aromatic rings. The Labute approximate surface area is 232 Å². The van der Waals surface area contributed by atoms with Crippen LogP contribution < -0.4 is 0 Å². The zero-order valence-electron chi connectivity index (χ0n) is 22.5. The van der Waals surface area contributed by atoms with E-state index >= 15 is 0 Å². The fraction of sp³-hybridized carbons (Fsp3) is 0.867. The maximum atomic E-state index is 10.9. The van der Waals surface area contributed by atoms with Crippen LogP contribution in [0.2, 0.25) is 0 Å². The normalized spacial score (nSPS) is 12.5. The van der Waals surface area contributed by atoms with Crippen molar-refractivity contribution in [1.29, 1.82) is 0 Å². The number of halogens is 3. The van der Waals surface area contributed by atoms with E-state index in [9.17, 15) is 10.2 Å². The van der Waals surface area contributed by atoms with E-state index in [1.54, 1.807) is 0 Å². The predicted octanol–water partition coefficient (Wildman–Crippen LogP) is 9.69. The van der Waals surface area contributed by atoms with Crippen molar-refractivity contribution in [2.45, 2.75) is 164 Å². The number of alkyl halides is 3. The van der Waals surface area contributed by atoms with Crippen LogP contribution in [0.4, 0.5) is 0 Å². The lowest BCUT2D eigenvalue weighted by atomic mass is 9.96. The largest absolute Gasteiger partial charge is 0.388 e. The topological polar surface area (TPSA) is 40.5 Å². The highest BCUT2D eigenvalue weighted by Gasteiger charge is 2.37. The molecule has 0 aliphatic carbocycles. The quantitative estimate of drug-likeness (QED) is 0.0901. The summed E-state index contributed by atoms with van der Waals surface area (Å²) >= 11 is 17.4. The molecule has 2 N–H and O–H groups in total. The molecule has 1 atom stereocenters. The van der Waals surface area contributed by atoms with E-state index in [1.807, 2.05) is 0 Å². The Morgan fingerprint density at radius 2 is 0.886 bits per heavy atom. The molecule has 35 heavy (non-hydrogen) atoms. The van der Waals surface area contributed by atoms with Gasteiger partial charge in [0, 0.05) is 19.3 Å². The number of rotatable bonds is 20. The lowest BCUT2D eigenvalue weighted by Crippen LogP contribution is -2.36. The molecule has 0 saturated heterocycles. The first kappa shape index (κ1) is 34.9. The lowest BCUT2D eigenvalue weighted by molar-refractivity contribution is 0.0739. The summed E-state index contributed by atoms with van der Waals surface area (Å²) in [7, 11) is 0. The van der Waals surface area contributed by atoms with Crippen LogP contribution >= 0.6 is 34.8 Å². The second-order valence-electron chi connectivity index (χ2n) is 9.88. The third-order valence-corrected chi connectivity index (χ3v) is 7.02. The van der Waals surface area contributed by atoms with Crippen molar-refractivity contribution in [2.75, 3.05) is 0 Å². The van der Waals surface area contributed by atoms with Crippen molar-refractivity contribution >= 4 is 34.8 Å². The molecule has 0 aliphatic heterocycles. The van der Waals surface area contributed by atoms with Gasteiger partial charge in [-0.3, -0.25) is 0 Å². The second kappa shape index (κ2) is 23.1. The summed E-state index contributed by atoms with van der Waals surface area (Å²) in [6.07, 6.45) is 22.4. The molecule has 0 radical (unpaired) electrons.